The highest BCUT2D eigenvalue weighted by Gasteiger charge is 2.26. The normalized spacial score (nSPS) is 14.5. The van der Waals surface area contributed by atoms with E-state index in [0.29, 0.717) is 18.7 Å². The molecule has 1 amide bonds. The molecule has 0 spiro atoms. The fourth-order valence-electron chi connectivity index (χ4n) is 4.19. The maximum Gasteiger partial charge on any atom is 0.349 e. The summed E-state index contributed by atoms with van der Waals surface area (Å²) >= 11 is 0. The average molecular weight is 376 g/mol. The maximum absolute atomic E-state index is 12.9. The molecule has 0 N–H and O–H groups in total. The van der Waals surface area contributed by atoms with Gasteiger partial charge >= 0.3 is 5.63 Å². The number of nitrogens with zero attached hydrogens (tertiary/aromatic N) is 2. The molecule has 2 heterocycles. The minimum absolute atomic E-state index is 0.106. The molecule has 1 aliphatic rings. The lowest BCUT2D eigenvalue weighted by Crippen LogP contribution is -2.49. The van der Waals surface area contributed by atoms with Crippen molar-refractivity contribution in [2.24, 2.45) is 0 Å². The number of anilines is 1. The topological polar surface area (TPSA) is 53.8 Å². The molecule has 4 rings (SSSR count). The van der Waals surface area contributed by atoms with Gasteiger partial charge < -0.3 is 14.2 Å². The predicted octanol–water partition coefficient (Wildman–Crippen LogP) is 3.68. The van der Waals surface area contributed by atoms with Crippen molar-refractivity contribution in [1.29, 1.82) is 0 Å². The van der Waals surface area contributed by atoms with Gasteiger partial charge in [0.05, 0.1) is 0 Å². The summed E-state index contributed by atoms with van der Waals surface area (Å²) in [6, 6.07) is 13.3. The van der Waals surface area contributed by atoms with E-state index in [1.807, 2.05) is 12.1 Å². The first-order valence-corrected chi connectivity index (χ1v) is 9.59. The van der Waals surface area contributed by atoms with Crippen molar-refractivity contribution in [3.63, 3.8) is 0 Å². The second-order valence-electron chi connectivity index (χ2n) is 7.51. The standard InChI is InChI=1S/C23H24N2O3/c1-15-12-16(2)21(17(3)13-15)24-8-10-25(11-9-24)22(26)19-14-18-6-4-5-7-20(18)28-23(19)27/h4-7,12-14H,8-11H2,1-3H3. The van der Waals surface area contributed by atoms with Crippen LogP contribution < -0.4 is 10.5 Å². The summed E-state index contributed by atoms with van der Waals surface area (Å²) in [5.74, 6) is -0.253. The largest absolute Gasteiger partial charge is 0.422 e. The summed E-state index contributed by atoms with van der Waals surface area (Å²) in [5.41, 5.74) is 5.06. The Morgan fingerprint density at radius 1 is 0.929 bits per heavy atom. The highest BCUT2D eigenvalue weighted by atomic mass is 16.4. The van der Waals surface area contributed by atoms with Gasteiger partial charge in [0.25, 0.3) is 5.91 Å². The van der Waals surface area contributed by atoms with Crippen molar-refractivity contribution >= 4 is 22.6 Å². The minimum atomic E-state index is -0.573. The van der Waals surface area contributed by atoms with Crippen LogP contribution >= 0.6 is 0 Å². The first-order chi connectivity index (χ1) is 13.4. The number of aryl methyl sites for hydroxylation is 3. The van der Waals surface area contributed by atoms with Crippen LogP contribution in [0.15, 0.2) is 51.7 Å². The molecule has 1 saturated heterocycles. The molecule has 1 fully saturated rings. The zero-order valence-corrected chi connectivity index (χ0v) is 16.5. The zero-order valence-electron chi connectivity index (χ0n) is 16.5. The molecule has 28 heavy (non-hydrogen) atoms. The lowest BCUT2D eigenvalue weighted by Gasteiger charge is -2.37. The summed E-state index contributed by atoms with van der Waals surface area (Å²) < 4.78 is 5.32. The van der Waals surface area contributed by atoms with Gasteiger partial charge in [0.1, 0.15) is 11.1 Å². The van der Waals surface area contributed by atoms with E-state index in [0.717, 1.165) is 18.5 Å². The summed E-state index contributed by atoms with van der Waals surface area (Å²) in [4.78, 5) is 29.3. The SMILES string of the molecule is Cc1cc(C)c(N2CCN(C(=O)c3cc4ccccc4oc3=O)CC2)c(C)c1. The highest BCUT2D eigenvalue weighted by molar-refractivity contribution is 5.96. The second kappa shape index (κ2) is 7.15. The summed E-state index contributed by atoms with van der Waals surface area (Å²) in [5, 5.41) is 0.759. The third-order valence-electron chi connectivity index (χ3n) is 5.39. The van der Waals surface area contributed by atoms with Gasteiger partial charge in [0.15, 0.2) is 0 Å². The van der Waals surface area contributed by atoms with Crippen LogP contribution in [0.2, 0.25) is 0 Å². The van der Waals surface area contributed by atoms with Crippen molar-refractivity contribution < 1.29 is 9.21 Å². The Kier molecular flexibility index (Phi) is 4.67. The van der Waals surface area contributed by atoms with Gasteiger partial charge in [0, 0.05) is 37.3 Å². The summed E-state index contributed by atoms with van der Waals surface area (Å²) in [6.07, 6.45) is 0. The lowest BCUT2D eigenvalue weighted by atomic mass is 10.0. The van der Waals surface area contributed by atoms with Crippen LogP contribution in [0.5, 0.6) is 0 Å². The first kappa shape index (κ1) is 18.3. The minimum Gasteiger partial charge on any atom is -0.422 e. The van der Waals surface area contributed by atoms with E-state index in [9.17, 15) is 9.59 Å². The van der Waals surface area contributed by atoms with Crippen LogP contribution in [0.3, 0.4) is 0 Å². The number of amides is 1. The molecule has 0 radical (unpaired) electrons. The molecule has 3 aromatic rings. The van der Waals surface area contributed by atoms with Gasteiger partial charge in [-0.3, -0.25) is 4.79 Å². The fourth-order valence-corrected chi connectivity index (χ4v) is 4.19. The number of hydrogen-bond acceptors (Lipinski definition) is 4. The van der Waals surface area contributed by atoms with Gasteiger partial charge in [-0.2, -0.15) is 0 Å². The predicted molar refractivity (Wildman–Crippen MR) is 111 cm³/mol. The molecular weight excluding hydrogens is 352 g/mol. The highest BCUT2D eigenvalue weighted by Crippen LogP contribution is 2.27. The summed E-state index contributed by atoms with van der Waals surface area (Å²) in [7, 11) is 0. The van der Waals surface area contributed by atoms with Crippen LogP contribution in [0, 0.1) is 20.8 Å². The molecular formula is C23H24N2O3. The molecule has 2 aromatic carbocycles. The molecule has 0 saturated carbocycles. The Morgan fingerprint density at radius 2 is 1.57 bits per heavy atom. The number of piperazine rings is 1. The molecule has 1 aromatic heterocycles. The van der Waals surface area contributed by atoms with Gasteiger partial charge in [-0.05, 0) is 44.0 Å². The third-order valence-corrected chi connectivity index (χ3v) is 5.39. The molecule has 0 aliphatic carbocycles. The monoisotopic (exact) mass is 376 g/mol. The van der Waals surface area contributed by atoms with E-state index in [1.165, 1.54) is 22.4 Å². The van der Waals surface area contributed by atoms with Crippen molar-refractivity contribution in [1.82, 2.24) is 4.90 Å². The van der Waals surface area contributed by atoms with Crippen LogP contribution in [-0.4, -0.2) is 37.0 Å². The Morgan fingerprint density at radius 3 is 2.25 bits per heavy atom. The van der Waals surface area contributed by atoms with E-state index < -0.39 is 5.63 Å². The molecule has 0 atom stereocenters. The zero-order chi connectivity index (χ0) is 19.8. The quantitative estimate of drug-likeness (QED) is 0.640. The number of carbonyl (C=O) groups is 1. The van der Waals surface area contributed by atoms with Crippen molar-refractivity contribution in [2.75, 3.05) is 31.1 Å². The van der Waals surface area contributed by atoms with E-state index in [1.54, 1.807) is 23.1 Å². The van der Waals surface area contributed by atoms with Crippen molar-refractivity contribution in [2.45, 2.75) is 20.8 Å². The molecule has 1 aliphatic heterocycles. The van der Waals surface area contributed by atoms with Crippen LogP contribution in [0.1, 0.15) is 27.0 Å². The molecule has 0 bridgehead atoms. The van der Waals surface area contributed by atoms with Crippen LogP contribution in [0.25, 0.3) is 11.0 Å². The maximum atomic E-state index is 12.9. The Labute approximate surface area is 164 Å². The number of benzene rings is 2. The first-order valence-electron chi connectivity index (χ1n) is 9.59. The van der Waals surface area contributed by atoms with Crippen LogP contribution in [-0.2, 0) is 0 Å². The average Bonchev–Trinajstić information content (AvgIpc) is 2.66. The summed E-state index contributed by atoms with van der Waals surface area (Å²) in [6.45, 7) is 9.02. The van der Waals surface area contributed by atoms with Crippen LogP contribution in [0.4, 0.5) is 5.69 Å². The smallest absolute Gasteiger partial charge is 0.349 e. The Bertz CT molecular complexity index is 1090. The fraction of sp³-hybridized carbons (Fsp3) is 0.304. The van der Waals surface area contributed by atoms with Crippen molar-refractivity contribution in [3.8, 4) is 0 Å². The molecule has 5 heteroatoms. The van der Waals surface area contributed by atoms with Gasteiger partial charge in [-0.25, -0.2) is 4.79 Å². The Balaban J connectivity index is 1.54. The number of rotatable bonds is 2. The van der Waals surface area contributed by atoms with E-state index in [2.05, 4.69) is 37.8 Å². The number of fused-ring (bicyclic) bond motifs is 1. The number of carbonyl (C=O) groups excluding carboxylic acids is 1. The second-order valence-corrected chi connectivity index (χ2v) is 7.51. The van der Waals surface area contributed by atoms with Gasteiger partial charge in [0.2, 0.25) is 0 Å². The third kappa shape index (κ3) is 3.28. The molecule has 144 valence electrons. The van der Waals surface area contributed by atoms with Crippen molar-refractivity contribution in [3.05, 3.63) is 75.1 Å². The van der Waals surface area contributed by atoms with E-state index in [4.69, 9.17) is 4.42 Å². The number of para-hydroxylation sites is 1. The lowest BCUT2D eigenvalue weighted by molar-refractivity contribution is 0.0742. The van der Waals surface area contributed by atoms with Gasteiger partial charge in [-0.15, -0.1) is 0 Å². The Hall–Kier alpha value is -3.08. The molecule has 0 unspecified atom stereocenters. The van der Waals surface area contributed by atoms with Gasteiger partial charge in [-0.1, -0.05) is 35.9 Å². The molecule has 5 nitrogen and oxygen atoms in total. The van der Waals surface area contributed by atoms with E-state index >= 15 is 0 Å². The van der Waals surface area contributed by atoms with E-state index in [-0.39, 0.29) is 11.5 Å². The number of hydrogen-bond donors (Lipinski definition) is 0.